The molecule has 0 radical (unpaired) electrons. The zero-order chi connectivity index (χ0) is 16.8. The first-order valence-electron chi connectivity index (χ1n) is 8.64. The Balaban J connectivity index is 1.63. The van der Waals surface area contributed by atoms with E-state index in [0.717, 1.165) is 40.8 Å². The summed E-state index contributed by atoms with van der Waals surface area (Å²) in [5.74, 6) is 0.738. The lowest BCUT2D eigenvalue weighted by Crippen LogP contribution is -2.21. The maximum absolute atomic E-state index is 4.90. The SMILES string of the molecule is CC1Sc2nnc(-c3n[nH]c4c3CCCC4)n2N=C1c1ccccc1. The van der Waals surface area contributed by atoms with Crippen LogP contribution in [0.5, 0.6) is 0 Å². The first-order chi connectivity index (χ1) is 12.3. The maximum Gasteiger partial charge on any atom is 0.213 e. The Morgan fingerprint density at radius 1 is 1.12 bits per heavy atom. The van der Waals surface area contributed by atoms with Crippen molar-refractivity contribution >= 4 is 17.5 Å². The van der Waals surface area contributed by atoms with Gasteiger partial charge in [-0.05, 0) is 38.2 Å². The number of H-pyrrole nitrogens is 1. The summed E-state index contributed by atoms with van der Waals surface area (Å²) in [5, 5.41) is 22.5. The van der Waals surface area contributed by atoms with Crippen molar-refractivity contribution in [1.82, 2.24) is 25.1 Å². The molecule has 6 nitrogen and oxygen atoms in total. The molecule has 2 aliphatic rings. The van der Waals surface area contributed by atoms with Crippen molar-refractivity contribution < 1.29 is 0 Å². The second-order valence-electron chi connectivity index (χ2n) is 6.47. The predicted molar refractivity (Wildman–Crippen MR) is 97.9 cm³/mol. The third-order valence-electron chi connectivity index (χ3n) is 4.82. The molecule has 0 amide bonds. The van der Waals surface area contributed by atoms with Gasteiger partial charge in [0.15, 0.2) is 0 Å². The number of hydrogen-bond acceptors (Lipinski definition) is 5. The summed E-state index contributed by atoms with van der Waals surface area (Å²) in [6.07, 6.45) is 4.52. The van der Waals surface area contributed by atoms with Crippen LogP contribution in [0.1, 0.15) is 36.6 Å². The van der Waals surface area contributed by atoms with E-state index in [2.05, 4.69) is 39.5 Å². The van der Waals surface area contributed by atoms with Crippen LogP contribution in [0.4, 0.5) is 0 Å². The molecule has 1 N–H and O–H groups in total. The molecule has 0 saturated heterocycles. The van der Waals surface area contributed by atoms with E-state index in [-0.39, 0.29) is 5.25 Å². The van der Waals surface area contributed by atoms with Crippen LogP contribution in [0.15, 0.2) is 40.6 Å². The number of nitrogens with zero attached hydrogens (tertiary/aromatic N) is 5. The minimum absolute atomic E-state index is 0.236. The number of benzene rings is 1. The molecule has 0 spiro atoms. The monoisotopic (exact) mass is 350 g/mol. The second-order valence-corrected chi connectivity index (χ2v) is 7.77. The summed E-state index contributed by atoms with van der Waals surface area (Å²) in [6, 6.07) is 10.3. The highest BCUT2D eigenvalue weighted by atomic mass is 32.2. The average Bonchev–Trinajstić information content (AvgIpc) is 3.25. The Morgan fingerprint density at radius 2 is 1.96 bits per heavy atom. The van der Waals surface area contributed by atoms with Crippen LogP contribution in [0.3, 0.4) is 0 Å². The summed E-state index contributed by atoms with van der Waals surface area (Å²) < 4.78 is 1.86. The zero-order valence-electron chi connectivity index (χ0n) is 13.9. The molecule has 1 unspecified atom stereocenters. The fourth-order valence-corrected chi connectivity index (χ4v) is 4.47. The predicted octanol–water partition coefficient (Wildman–Crippen LogP) is 3.29. The largest absolute Gasteiger partial charge is 0.282 e. The zero-order valence-corrected chi connectivity index (χ0v) is 14.8. The van der Waals surface area contributed by atoms with Crippen LogP contribution in [0, 0.1) is 0 Å². The summed E-state index contributed by atoms with van der Waals surface area (Å²) in [7, 11) is 0. The fraction of sp³-hybridized carbons (Fsp3) is 0.333. The van der Waals surface area contributed by atoms with Crippen LogP contribution in [-0.2, 0) is 12.8 Å². The fourth-order valence-electron chi connectivity index (χ4n) is 3.55. The number of aromatic nitrogens is 5. The average molecular weight is 350 g/mol. The van der Waals surface area contributed by atoms with Crippen molar-refractivity contribution in [2.75, 3.05) is 0 Å². The molecule has 3 aromatic rings. The Bertz CT molecular complexity index is 955. The van der Waals surface area contributed by atoms with Gasteiger partial charge in [0.2, 0.25) is 11.0 Å². The molecule has 126 valence electrons. The van der Waals surface area contributed by atoms with Crippen molar-refractivity contribution in [1.29, 1.82) is 0 Å². The number of aromatic amines is 1. The highest BCUT2D eigenvalue weighted by molar-refractivity contribution is 8.00. The van der Waals surface area contributed by atoms with Gasteiger partial charge in [-0.3, -0.25) is 5.10 Å². The molecule has 2 aromatic heterocycles. The van der Waals surface area contributed by atoms with Crippen molar-refractivity contribution in [3.05, 3.63) is 47.2 Å². The topological polar surface area (TPSA) is 71.8 Å². The van der Waals surface area contributed by atoms with Gasteiger partial charge in [0.1, 0.15) is 5.69 Å². The van der Waals surface area contributed by atoms with E-state index in [1.807, 2.05) is 22.9 Å². The third-order valence-corrected chi connectivity index (χ3v) is 5.87. The summed E-state index contributed by atoms with van der Waals surface area (Å²) in [5.41, 5.74) is 5.60. The number of rotatable bonds is 2. The molecule has 1 aromatic carbocycles. The van der Waals surface area contributed by atoms with Gasteiger partial charge in [0.25, 0.3) is 0 Å². The van der Waals surface area contributed by atoms with Crippen LogP contribution >= 0.6 is 11.8 Å². The van der Waals surface area contributed by atoms with Gasteiger partial charge in [-0.1, -0.05) is 42.1 Å². The van der Waals surface area contributed by atoms with Crippen LogP contribution in [0.2, 0.25) is 0 Å². The van der Waals surface area contributed by atoms with E-state index in [0.29, 0.717) is 0 Å². The van der Waals surface area contributed by atoms with E-state index >= 15 is 0 Å². The Kier molecular flexibility index (Phi) is 3.48. The van der Waals surface area contributed by atoms with Crippen molar-refractivity contribution in [2.45, 2.75) is 43.0 Å². The quantitative estimate of drug-likeness (QED) is 0.770. The van der Waals surface area contributed by atoms with Crippen LogP contribution < -0.4 is 0 Å². The minimum Gasteiger partial charge on any atom is -0.282 e. The number of fused-ring (bicyclic) bond motifs is 2. The number of aryl methyl sites for hydroxylation is 1. The first kappa shape index (κ1) is 14.9. The van der Waals surface area contributed by atoms with E-state index in [9.17, 15) is 0 Å². The lowest BCUT2D eigenvalue weighted by Gasteiger charge is -2.19. The molecule has 1 aliphatic carbocycles. The summed E-state index contributed by atoms with van der Waals surface area (Å²) in [4.78, 5) is 0. The molecular weight excluding hydrogens is 332 g/mol. The van der Waals surface area contributed by atoms with E-state index in [4.69, 9.17) is 5.10 Å². The molecule has 3 heterocycles. The van der Waals surface area contributed by atoms with Crippen molar-refractivity contribution in [2.24, 2.45) is 5.10 Å². The second kappa shape index (κ2) is 5.84. The highest BCUT2D eigenvalue weighted by Crippen LogP contribution is 2.34. The molecule has 7 heteroatoms. The lowest BCUT2D eigenvalue weighted by atomic mass is 9.96. The molecule has 25 heavy (non-hydrogen) atoms. The normalized spacial score (nSPS) is 19.2. The standard InChI is InChI=1S/C18H18N6S/c1-11-15(12-7-3-2-4-8-12)23-24-17(21-22-18(24)25-11)16-13-9-5-6-10-14(13)19-20-16/h2-4,7-8,11H,5-6,9-10H2,1H3,(H,19,20). The first-order valence-corrected chi connectivity index (χ1v) is 9.52. The smallest absolute Gasteiger partial charge is 0.213 e. The van der Waals surface area contributed by atoms with Crippen molar-refractivity contribution in [3.63, 3.8) is 0 Å². The van der Waals surface area contributed by atoms with Gasteiger partial charge in [-0.15, -0.1) is 10.2 Å². The van der Waals surface area contributed by atoms with Crippen LogP contribution in [-0.4, -0.2) is 36.0 Å². The summed E-state index contributed by atoms with van der Waals surface area (Å²) in [6.45, 7) is 2.16. The molecule has 0 bridgehead atoms. The Morgan fingerprint density at radius 3 is 2.84 bits per heavy atom. The van der Waals surface area contributed by atoms with Gasteiger partial charge in [0, 0.05) is 11.3 Å². The molecular formula is C18H18N6S. The van der Waals surface area contributed by atoms with Gasteiger partial charge < -0.3 is 0 Å². The van der Waals surface area contributed by atoms with Crippen LogP contribution in [0.25, 0.3) is 11.5 Å². The van der Waals surface area contributed by atoms with Gasteiger partial charge >= 0.3 is 0 Å². The molecule has 0 saturated carbocycles. The Hall–Kier alpha value is -2.41. The Labute approximate surface area is 149 Å². The summed E-state index contributed by atoms with van der Waals surface area (Å²) >= 11 is 1.69. The van der Waals surface area contributed by atoms with Gasteiger partial charge in [-0.25, -0.2) is 0 Å². The number of nitrogens with one attached hydrogen (secondary N) is 1. The molecule has 1 atom stereocenters. The van der Waals surface area contributed by atoms with Gasteiger partial charge in [0.05, 0.1) is 11.0 Å². The van der Waals surface area contributed by atoms with E-state index in [1.165, 1.54) is 24.1 Å². The van der Waals surface area contributed by atoms with E-state index < -0.39 is 0 Å². The van der Waals surface area contributed by atoms with Crippen molar-refractivity contribution in [3.8, 4) is 11.5 Å². The molecule has 1 aliphatic heterocycles. The minimum atomic E-state index is 0.236. The van der Waals surface area contributed by atoms with E-state index in [1.54, 1.807) is 11.8 Å². The van der Waals surface area contributed by atoms with Gasteiger partial charge in [-0.2, -0.15) is 14.9 Å². The lowest BCUT2D eigenvalue weighted by molar-refractivity contribution is 0.674. The highest BCUT2D eigenvalue weighted by Gasteiger charge is 2.29. The maximum atomic E-state index is 4.90. The number of thioether (sulfide) groups is 1. The third kappa shape index (κ3) is 2.41. The molecule has 5 rings (SSSR count). The number of hydrogen-bond donors (Lipinski definition) is 1. The molecule has 0 fully saturated rings.